The van der Waals surface area contributed by atoms with Crippen LogP contribution >= 0.6 is 11.6 Å². The molecule has 0 unspecified atom stereocenters. The van der Waals surface area contributed by atoms with E-state index in [2.05, 4.69) is 15.3 Å². The maximum absolute atomic E-state index is 5.47. The van der Waals surface area contributed by atoms with Crippen molar-refractivity contribution in [1.29, 1.82) is 0 Å². The van der Waals surface area contributed by atoms with Gasteiger partial charge in [0.2, 0.25) is 5.88 Å². The summed E-state index contributed by atoms with van der Waals surface area (Å²) in [5, 5.41) is 3.08. The Balaban J connectivity index is 2.27. The van der Waals surface area contributed by atoms with Crippen LogP contribution in [0.2, 0.25) is 0 Å². The summed E-state index contributed by atoms with van der Waals surface area (Å²) in [5.74, 6) is 1.72. The normalized spacial score (nSPS) is 10.1. The molecule has 1 aromatic rings. The molecule has 6 heteroatoms. The molecule has 5 nitrogen and oxygen atoms in total. The minimum Gasteiger partial charge on any atom is -0.477 e. The number of aromatic nitrogens is 2. The molecule has 1 aromatic heterocycles. The largest absolute Gasteiger partial charge is 0.477 e. The maximum atomic E-state index is 5.47. The van der Waals surface area contributed by atoms with Gasteiger partial charge in [-0.15, -0.1) is 11.6 Å². The van der Waals surface area contributed by atoms with Crippen LogP contribution in [0.25, 0.3) is 0 Å². The van der Waals surface area contributed by atoms with Gasteiger partial charge in [-0.2, -0.15) is 4.98 Å². The Morgan fingerprint density at radius 2 is 2.25 bits per heavy atom. The standard InChI is InChI=1S/C10H16ClN3O2/c1-2-16-10-8-12-7-9(14-10)13-4-6-15-5-3-11/h7-8H,2-6H2,1H3,(H,13,14). The Morgan fingerprint density at radius 3 is 3.00 bits per heavy atom. The lowest BCUT2D eigenvalue weighted by atomic mass is 10.6. The smallest absolute Gasteiger partial charge is 0.234 e. The molecule has 0 spiro atoms. The molecule has 0 saturated heterocycles. The zero-order chi connectivity index (χ0) is 11.6. The number of alkyl halides is 1. The lowest BCUT2D eigenvalue weighted by Gasteiger charge is -2.07. The lowest BCUT2D eigenvalue weighted by molar-refractivity contribution is 0.160. The predicted molar refractivity (Wildman–Crippen MR) is 63.2 cm³/mol. The molecule has 16 heavy (non-hydrogen) atoms. The Hall–Kier alpha value is -1.07. The SMILES string of the molecule is CCOc1cncc(NCCOCCCl)n1. The van der Waals surface area contributed by atoms with Crippen molar-refractivity contribution in [3.8, 4) is 5.88 Å². The number of anilines is 1. The van der Waals surface area contributed by atoms with E-state index >= 15 is 0 Å². The monoisotopic (exact) mass is 245 g/mol. The van der Waals surface area contributed by atoms with Crippen molar-refractivity contribution in [1.82, 2.24) is 9.97 Å². The average molecular weight is 246 g/mol. The molecule has 1 N–H and O–H groups in total. The third-order valence-corrected chi connectivity index (χ3v) is 1.83. The van der Waals surface area contributed by atoms with E-state index in [0.717, 1.165) is 0 Å². The van der Waals surface area contributed by atoms with Gasteiger partial charge in [-0.05, 0) is 6.92 Å². The summed E-state index contributed by atoms with van der Waals surface area (Å²) >= 11 is 5.47. The number of ether oxygens (including phenoxy) is 2. The van der Waals surface area contributed by atoms with Gasteiger partial charge in [0.05, 0.1) is 32.2 Å². The van der Waals surface area contributed by atoms with Crippen molar-refractivity contribution < 1.29 is 9.47 Å². The highest BCUT2D eigenvalue weighted by molar-refractivity contribution is 6.17. The molecule has 0 aromatic carbocycles. The zero-order valence-corrected chi connectivity index (χ0v) is 10.0. The third kappa shape index (κ3) is 5.14. The van der Waals surface area contributed by atoms with Gasteiger partial charge < -0.3 is 14.8 Å². The molecule has 90 valence electrons. The molecule has 0 atom stereocenters. The lowest BCUT2D eigenvalue weighted by Crippen LogP contribution is -2.11. The van der Waals surface area contributed by atoms with E-state index in [1.807, 2.05) is 6.92 Å². The third-order valence-electron chi connectivity index (χ3n) is 1.68. The van der Waals surface area contributed by atoms with Crippen LogP contribution < -0.4 is 10.1 Å². The van der Waals surface area contributed by atoms with Crippen molar-refractivity contribution in [2.24, 2.45) is 0 Å². The highest BCUT2D eigenvalue weighted by atomic mass is 35.5. The average Bonchev–Trinajstić information content (AvgIpc) is 2.30. The van der Waals surface area contributed by atoms with Crippen LogP contribution in [0.4, 0.5) is 5.82 Å². The number of rotatable bonds is 8. The molecular weight excluding hydrogens is 230 g/mol. The van der Waals surface area contributed by atoms with Crippen LogP contribution in [0.1, 0.15) is 6.92 Å². The predicted octanol–water partition coefficient (Wildman–Crippen LogP) is 1.54. The van der Waals surface area contributed by atoms with E-state index < -0.39 is 0 Å². The molecule has 1 heterocycles. The molecule has 0 aliphatic heterocycles. The van der Waals surface area contributed by atoms with Gasteiger partial charge in [-0.1, -0.05) is 0 Å². The fourth-order valence-corrected chi connectivity index (χ4v) is 1.17. The molecule has 0 fully saturated rings. The minimum absolute atomic E-state index is 0.514. The molecule has 0 aliphatic rings. The topological polar surface area (TPSA) is 56.3 Å². The summed E-state index contributed by atoms with van der Waals surface area (Å²) in [6.45, 7) is 4.31. The molecule has 0 saturated carbocycles. The summed E-state index contributed by atoms with van der Waals surface area (Å²) in [5.41, 5.74) is 0. The summed E-state index contributed by atoms with van der Waals surface area (Å²) in [6, 6.07) is 0. The van der Waals surface area contributed by atoms with Crippen molar-refractivity contribution in [2.45, 2.75) is 6.92 Å². The van der Waals surface area contributed by atoms with Gasteiger partial charge in [-0.3, -0.25) is 4.98 Å². The second-order valence-corrected chi connectivity index (χ2v) is 3.28. The first kappa shape index (κ1) is 13.0. The Morgan fingerprint density at radius 1 is 1.38 bits per heavy atom. The van der Waals surface area contributed by atoms with Gasteiger partial charge in [0.15, 0.2) is 0 Å². The number of nitrogens with one attached hydrogen (secondary N) is 1. The summed E-state index contributed by atoms with van der Waals surface area (Å²) in [4.78, 5) is 8.21. The van der Waals surface area contributed by atoms with Gasteiger partial charge in [0, 0.05) is 12.4 Å². The highest BCUT2D eigenvalue weighted by Crippen LogP contribution is 2.08. The Bertz CT molecular complexity index is 299. The van der Waals surface area contributed by atoms with Gasteiger partial charge in [0.1, 0.15) is 5.82 Å². The van der Waals surface area contributed by atoms with Crippen LogP contribution in [0.5, 0.6) is 5.88 Å². The maximum Gasteiger partial charge on any atom is 0.234 e. The van der Waals surface area contributed by atoms with Crippen LogP contribution in [0, 0.1) is 0 Å². The van der Waals surface area contributed by atoms with Crippen molar-refractivity contribution in [3.63, 3.8) is 0 Å². The summed E-state index contributed by atoms with van der Waals surface area (Å²) < 4.78 is 10.4. The van der Waals surface area contributed by atoms with E-state index in [1.54, 1.807) is 12.4 Å². The summed E-state index contributed by atoms with van der Waals surface area (Å²) in [6.07, 6.45) is 3.22. The van der Waals surface area contributed by atoms with Crippen molar-refractivity contribution in [2.75, 3.05) is 37.6 Å². The zero-order valence-electron chi connectivity index (χ0n) is 9.28. The quantitative estimate of drug-likeness (QED) is 0.556. The number of hydrogen-bond donors (Lipinski definition) is 1. The van der Waals surface area contributed by atoms with Crippen LogP contribution in [-0.4, -0.2) is 42.2 Å². The van der Waals surface area contributed by atoms with E-state index in [-0.39, 0.29) is 0 Å². The number of halogens is 1. The first-order chi connectivity index (χ1) is 7.86. The van der Waals surface area contributed by atoms with E-state index in [4.69, 9.17) is 21.1 Å². The second kappa shape index (κ2) is 8.13. The molecule has 1 rings (SSSR count). The number of hydrogen-bond acceptors (Lipinski definition) is 5. The van der Waals surface area contributed by atoms with E-state index in [0.29, 0.717) is 43.9 Å². The molecule has 0 bridgehead atoms. The first-order valence-corrected chi connectivity index (χ1v) is 5.72. The van der Waals surface area contributed by atoms with Crippen LogP contribution in [0.3, 0.4) is 0 Å². The van der Waals surface area contributed by atoms with Gasteiger partial charge >= 0.3 is 0 Å². The summed E-state index contributed by atoms with van der Waals surface area (Å²) in [7, 11) is 0. The van der Waals surface area contributed by atoms with Crippen molar-refractivity contribution >= 4 is 17.4 Å². The Kier molecular flexibility index (Phi) is 6.60. The molecule has 0 aliphatic carbocycles. The Labute approximate surface area is 100 Å². The van der Waals surface area contributed by atoms with Gasteiger partial charge in [-0.25, -0.2) is 0 Å². The fraction of sp³-hybridized carbons (Fsp3) is 0.600. The van der Waals surface area contributed by atoms with E-state index in [1.165, 1.54) is 0 Å². The minimum atomic E-state index is 0.514. The fourth-order valence-electron chi connectivity index (χ4n) is 1.06. The van der Waals surface area contributed by atoms with E-state index in [9.17, 15) is 0 Å². The van der Waals surface area contributed by atoms with Crippen LogP contribution in [-0.2, 0) is 4.74 Å². The highest BCUT2D eigenvalue weighted by Gasteiger charge is 1.98. The van der Waals surface area contributed by atoms with Gasteiger partial charge in [0.25, 0.3) is 0 Å². The first-order valence-electron chi connectivity index (χ1n) is 5.19. The second-order valence-electron chi connectivity index (χ2n) is 2.90. The van der Waals surface area contributed by atoms with Crippen molar-refractivity contribution in [3.05, 3.63) is 12.4 Å². The number of nitrogens with zero attached hydrogens (tertiary/aromatic N) is 2. The molecular formula is C10H16ClN3O2. The molecule has 0 radical (unpaired) electrons. The molecule has 0 amide bonds. The van der Waals surface area contributed by atoms with Crippen LogP contribution in [0.15, 0.2) is 12.4 Å².